The molecule has 1 heterocycles. The molecule has 3 rings (SSSR count). The summed E-state index contributed by atoms with van der Waals surface area (Å²) in [5.41, 5.74) is 3.42. The fraction of sp³-hybridized carbons (Fsp3) is 0.190. The van der Waals surface area contributed by atoms with Crippen molar-refractivity contribution in [2.75, 3.05) is 20.7 Å². The molecular formula is C21H21N3O3. The Hall–Kier alpha value is -3.41. The fourth-order valence-electron chi connectivity index (χ4n) is 2.68. The molecule has 0 fully saturated rings. The number of aromatic nitrogens is 2. The summed E-state index contributed by atoms with van der Waals surface area (Å²) in [4.78, 5) is 30.4. The Morgan fingerprint density at radius 3 is 2.70 bits per heavy atom. The van der Waals surface area contributed by atoms with Crippen LogP contribution < -0.4 is 0 Å². The van der Waals surface area contributed by atoms with Crippen molar-refractivity contribution in [2.45, 2.75) is 6.92 Å². The zero-order valence-electron chi connectivity index (χ0n) is 15.5. The van der Waals surface area contributed by atoms with Gasteiger partial charge in [0.1, 0.15) is 6.33 Å². The van der Waals surface area contributed by atoms with Gasteiger partial charge < -0.3 is 9.64 Å². The lowest BCUT2D eigenvalue weighted by atomic mass is 10.1. The van der Waals surface area contributed by atoms with Crippen LogP contribution in [0.25, 0.3) is 16.7 Å². The lowest BCUT2D eigenvalue weighted by molar-refractivity contribution is 0.0526. The van der Waals surface area contributed by atoms with E-state index >= 15 is 0 Å². The molecule has 0 atom stereocenters. The van der Waals surface area contributed by atoms with Gasteiger partial charge in [-0.1, -0.05) is 6.07 Å². The van der Waals surface area contributed by atoms with E-state index in [0.717, 1.165) is 11.2 Å². The smallest absolute Gasteiger partial charge is 0.338 e. The molecule has 2 aromatic carbocycles. The normalized spacial score (nSPS) is 11.1. The van der Waals surface area contributed by atoms with Gasteiger partial charge >= 0.3 is 5.97 Å². The SMILES string of the molecule is CCOC(=O)c1cccc(-n2cnc3cc(C(=O)/C=C/N(C)C)ccc32)c1. The molecule has 6 nitrogen and oxygen atoms in total. The predicted octanol–water partition coefficient (Wildman–Crippen LogP) is 3.46. The molecule has 3 aromatic rings. The van der Waals surface area contributed by atoms with E-state index in [-0.39, 0.29) is 11.8 Å². The van der Waals surface area contributed by atoms with Crippen molar-refractivity contribution >= 4 is 22.8 Å². The van der Waals surface area contributed by atoms with Crippen molar-refractivity contribution in [1.82, 2.24) is 14.5 Å². The summed E-state index contributed by atoms with van der Waals surface area (Å²) in [5, 5.41) is 0. The summed E-state index contributed by atoms with van der Waals surface area (Å²) in [6.07, 6.45) is 4.92. The van der Waals surface area contributed by atoms with Crippen LogP contribution in [0.15, 0.2) is 61.1 Å². The Morgan fingerprint density at radius 1 is 1.15 bits per heavy atom. The summed E-state index contributed by atoms with van der Waals surface area (Å²) >= 11 is 0. The van der Waals surface area contributed by atoms with Gasteiger partial charge in [0.15, 0.2) is 5.78 Å². The second-order valence-corrected chi connectivity index (χ2v) is 6.23. The number of carbonyl (C=O) groups is 2. The average Bonchev–Trinajstić information content (AvgIpc) is 3.09. The van der Waals surface area contributed by atoms with E-state index in [1.807, 2.05) is 35.7 Å². The summed E-state index contributed by atoms with van der Waals surface area (Å²) in [5.74, 6) is -0.436. The molecule has 6 heteroatoms. The number of fused-ring (bicyclic) bond motifs is 1. The van der Waals surface area contributed by atoms with Gasteiger partial charge in [0.05, 0.1) is 23.2 Å². The molecule has 0 N–H and O–H groups in total. The Labute approximate surface area is 157 Å². The van der Waals surface area contributed by atoms with Crippen LogP contribution in [0.2, 0.25) is 0 Å². The lowest BCUT2D eigenvalue weighted by Gasteiger charge is -2.07. The highest BCUT2D eigenvalue weighted by molar-refractivity contribution is 6.06. The Bertz CT molecular complexity index is 1020. The fourth-order valence-corrected chi connectivity index (χ4v) is 2.68. The number of esters is 1. The monoisotopic (exact) mass is 363 g/mol. The number of hydrogen-bond acceptors (Lipinski definition) is 5. The topological polar surface area (TPSA) is 64.4 Å². The zero-order chi connectivity index (χ0) is 19.4. The Morgan fingerprint density at radius 2 is 1.96 bits per heavy atom. The van der Waals surface area contributed by atoms with Crippen molar-refractivity contribution in [2.24, 2.45) is 0 Å². The summed E-state index contributed by atoms with van der Waals surface area (Å²) in [6.45, 7) is 2.11. The van der Waals surface area contributed by atoms with E-state index in [1.54, 1.807) is 49.8 Å². The number of nitrogens with zero attached hydrogens (tertiary/aromatic N) is 3. The summed E-state index contributed by atoms with van der Waals surface area (Å²) < 4.78 is 6.94. The first-order chi connectivity index (χ1) is 13.0. The van der Waals surface area contributed by atoms with E-state index in [0.29, 0.717) is 23.3 Å². The van der Waals surface area contributed by atoms with Gasteiger partial charge in [-0.25, -0.2) is 9.78 Å². The second kappa shape index (κ2) is 7.86. The number of allylic oxidation sites excluding steroid dienone is 1. The van der Waals surface area contributed by atoms with Gasteiger partial charge in [-0.15, -0.1) is 0 Å². The molecule has 0 aliphatic heterocycles. The van der Waals surface area contributed by atoms with Crippen molar-refractivity contribution in [3.63, 3.8) is 0 Å². The Kier molecular flexibility index (Phi) is 5.35. The van der Waals surface area contributed by atoms with Crippen LogP contribution in [0.1, 0.15) is 27.6 Å². The van der Waals surface area contributed by atoms with Crippen LogP contribution in [0.4, 0.5) is 0 Å². The maximum Gasteiger partial charge on any atom is 0.338 e. The first-order valence-corrected chi connectivity index (χ1v) is 8.63. The molecule has 0 aliphatic carbocycles. The minimum atomic E-state index is -0.357. The van der Waals surface area contributed by atoms with Gasteiger partial charge in [-0.05, 0) is 43.3 Å². The second-order valence-electron chi connectivity index (χ2n) is 6.23. The zero-order valence-corrected chi connectivity index (χ0v) is 15.5. The van der Waals surface area contributed by atoms with Gasteiger partial charge in [-0.3, -0.25) is 9.36 Å². The summed E-state index contributed by atoms with van der Waals surface area (Å²) in [7, 11) is 3.72. The Balaban J connectivity index is 1.95. The lowest BCUT2D eigenvalue weighted by Crippen LogP contribution is -2.05. The van der Waals surface area contributed by atoms with E-state index in [9.17, 15) is 9.59 Å². The molecule has 0 radical (unpaired) electrons. The quantitative estimate of drug-likeness (QED) is 0.381. The van der Waals surface area contributed by atoms with Crippen LogP contribution in [-0.2, 0) is 4.74 Å². The number of imidazole rings is 1. The van der Waals surface area contributed by atoms with E-state index < -0.39 is 0 Å². The van der Waals surface area contributed by atoms with E-state index in [1.165, 1.54) is 6.08 Å². The number of hydrogen-bond donors (Lipinski definition) is 0. The molecule has 0 unspecified atom stereocenters. The first-order valence-electron chi connectivity index (χ1n) is 8.63. The highest BCUT2D eigenvalue weighted by Crippen LogP contribution is 2.21. The van der Waals surface area contributed by atoms with Crippen molar-refractivity contribution in [3.8, 4) is 5.69 Å². The molecule has 0 amide bonds. The molecular weight excluding hydrogens is 342 g/mol. The minimum absolute atomic E-state index is 0.0792. The van der Waals surface area contributed by atoms with Gasteiger partial charge in [0.25, 0.3) is 0 Å². The van der Waals surface area contributed by atoms with Gasteiger partial charge in [-0.2, -0.15) is 0 Å². The molecule has 0 saturated carbocycles. The van der Waals surface area contributed by atoms with Crippen LogP contribution in [-0.4, -0.2) is 46.9 Å². The summed E-state index contributed by atoms with van der Waals surface area (Å²) in [6, 6.07) is 12.6. The number of ether oxygens (including phenoxy) is 1. The average molecular weight is 363 g/mol. The van der Waals surface area contributed by atoms with E-state index in [2.05, 4.69) is 4.98 Å². The third kappa shape index (κ3) is 4.06. The first kappa shape index (κ1) is 18.4. The molecule has 0 bridgehead atoms. The highest BCUT2D eigenvalue weighted by atomic mass is 16.5. The molecule has 27 heavy (non-hydrogen) atoms. The van der Waals surface area contributed by atoms with Crippen LogP contribution in [0, 0.1) is 0 Å². The van der Waals surface area contributed by atoms with Crippen LogP contribution in [0.5, 0.6) is 0 Å². The van der Waals surface area contributed by atoms with Crippen molar-refractivity contribution < 1.29 is 14.3 Å². The van der Waals surface area contributed by atoms with Gasteiger partial charge in [0, 0.05) is 37.6 Å². The maximum atomic E-state index is 12.3. The van der Waals surface area contributed by atoms with E-state index in [4.69, 9.17) is 4.74 Å². The third-order valence-electron chi connectivity index (χ3n) is 3.99. The largest absolute Gasteiger partial charge is 0.462 e. The highest BCUT2D eigenvalue weighted by Gasteiger charge is 2.11. The molecule has 0 spiro atoms. The number of ketones is 1. The number of benzene rings is 2. The molecule has 1 aromatic heterocycles. The van der Waals surface area contributed by atoms with Crippen LogP contribution in [0.3, 0.4) is 0 Å². The maximum absolute atomic E-state index is 12.3. The molecule has 138 valence electrons. The standard InChI is InChI=1S/C21H21N3O3/c1-4-27-21(26)16-6-5-7-17(12-16)24-14-22-18-13-15(8-9-19(18)24)20(25)10-11-23(2)3/h5-14H,4H2,1-3H3/b11-10+. The number of carbonyl (C=O) groups excluding carboxylic acids is 2. The van der Waals surface area contributed by atoms with Gasteiger partial charge in [0.2, 0.25) is 0 Å². The van der Waals surface area contributed by atoms with Crippen molar-refractivity contribution in [3.05, 3.63) is 72.2 Å². The van der Waals surface area contributed by atoms with Crippen LogP contribution >= 0.6 is 0 Å². The molecule has 0 saturated heterocycles. The predicted molar refractivity (Wildman–Crippen MR) is 104 cm³/mol. The number of rotatable bonds is 6. The third-order valence-corrected chi connectivity index (χ3v) is 3.99. The minimum Gasteiger partial charge on any atom is -0.462 e. The molecule has 0 aliphatic rings. The van der Waals surface area contributed by atoms with Crippen molar-refractivity contribution in [1.29, 1.82) is 0 Å².